The molecule has 116 valence electrons. The minimum atomic E-state index is -0.475. The lowest BCUT2D eigenvalue weighted by molar-refractivity contribution is -0.129. The molecule has 1 rings (SSSR count). The molecule has 0 aliphatic heterocycles. The van der Waals surface area contributed by atoms with Gasteiger partial charge in [0.25, 0.3) is 5.91 Å². The Hall–Kier alpha value is -1.55. The van der Waals surface area contributed by atoms with Crippen LogP contribution in [0.5, 0.6) is 5.75 Å². The molecule has 0 saturated heterocycles. The zero-order valence-corrected chi connectivity index (χ0v) is 13.7. The normalized spacial score (nSPS) is 12.1. The molecular formula is C16H22ClNO3. The van der Waals surface area contributed by atoms with Crippen LogP contribution in [0, 0.1) is 5.92 Å². The molecule has 0 bridgehead atoms. The fraction of sp³-hybridized carbons (Fsp3) is 0.500. The number of amides is 1. The molecule has 0 heterocycles. The van der Waals surface area contributed by atoms with Crippen molar-refractivity contribution in [2.75, 3.05) is 6.61 Å². The van der Waals surface area contributed by atoms with Crippen molar-refractivity contribution in [2.24, 2.45) is 5.92 Å². The minimum absolute atomic E-state index is 0.0497. The molecule has 0 aliphatic rings. The van der Waals surface area contributed by atoms with E-state index in [1.165, 1.54) is 6.92 Å². The number of hydrogen-bond acceptors (Lipinski definition) is 3. The monoisotopic (exact) mass is 311 g/mol. The van der Waals surface area contributed by atoms with Gasteiger partial charge in [-0.2, -0.15) is 0 Å². The second-order valence-electron chi connectivity index (χ2n) is 5.30. The van der Waals surface area contributed by atoms with E-state index < -0.39 is 6.04 Å². The number of carbonyl (C=O) groups is 2. The third-order valence-electron chi connectivity index (χ3n) is 3.19. The second-order valence-corrected chi connectivity index (χ2v) is 5.70. The highest BCUT2D eigenvalue weighted by atomic mass is 35.5. The zero-order valence-electron chi connectivity index (χ0n) is 12.9. The van der Waals surface area contributed by atoms with Gasteiger partial charge >= 0.3 is 0 Å². The molecule has 1 unspecified atom stereocenters. The van der Waals surface area contributed by atoms with Crippen LogP contribution in [0.1, 0.15) is 33.3 Å². The van der Waals surface area contributed by atoms with Gasteiger partial charge in [0.15, 0.2) is 12.4 Å². The van der Waals surface area contributed by atoms with Crippen LogP contribution in [0.4, 0.5) is 0 Å². The Balaban J connectivity index is 2.58. The fourth-order valence-corrected chi connectivity index (χ4v) is 2.26. The molecule has 1 atom stereocenters. The zero-order chi connectivity index (χ0) is 16.0. The molecule has 21 heavy (non-hydrogen) atoms. The third-order valence-corrected chi connectivity index (χ3v) is 3.56. The van der Waals surface area contributed by atoms with E-state index in [2.05, 4.69) is 5.32 Å². The first kappa shape index (κ1) is 17.5. The van der Waals surface area contributed by atoms with Gasteiger partial charge in [0, 0.05) is 5.02 Å². The number of halogens is 1. The van der Waals surface area contributed by atoms with Gasteiger partial charge in [-0.1, -0.05) is 32.4 Å². The number of aryl methyl sites for hydroxylation is 1. The van der Waals surface area contributed by atoms with Crippen LogP contribution in [-0.4, -0.2) is 24.3 Å². The van der Waals surface area contributed by atoms with E-state index in [1.807, 2.05) is 26.8 Å². The number of nitrogens with one attached hydrogen (secondary N) is 1. The van der Waals surface area contributed by atoms with Crippen molar-refractivity contribution in [3.63, 3.8) is 0 Å². The molecule has 1 N–H and O–H groups in total. The standard InChI is InChI=1S/C16H22ClNO3/c1-5-12-8-13(6-7-14(12)17)21-9-15(20)18-16(10(2)3)11(4)19/h6-8,10,16H,5,9H2,1-4H3,(H,18,20). The van der Waals surface area contributed by atoms with Crippen molar-refractivity contribution in [3.05, 3.63) is 28.8 Å². The summed E-state index contributed by atoms with van der Waals surface area (Å²) in [6.07, 6.45) is 0.794. The number of rotatable bonds is 7. The molecule has 5 heteroatoms. The Morgan fingerprint density at radius 1 is 1.33 bits per heavy atom. The summed E-state index contributed by atoms with van der Waals surface area (Å²) in [5.74, 6) is 0.277. The smallest absolute Gasteiger partial charge is 0.258 e. The lowest BCUT2D eigenvalue weighted by atomic mass is 10.0. The maximum Gasteiger partial charge on any atom is 0.258 e. The van der Waals surface area contributed by atoms with Crippen LogP contribution in [0.25, 0.3) is 0 Å². The van der Waals surface area contributed by atoms with Crippen LogP contribution < -0.4 is 10.1 Å². The Kier molecular flexibility index (Phi) is 6.69. The van der Waals surface area contributed by atoms with Crippen molar-refractivity contribution in [3.8, 4) is 5.75 Å². The van der Waals surface area contributed by atoms with Gasteiger partial charge in [-0.25, -0.2) is 0 Å². The van der Waals surface area contributed by atoms with Crippen LogP contribution in [0.3, 0.4) is 0 Å². The predicted molar refractivity (Wildman–Crippen MR) is 83.8 cm³/mol. The van der Waals surface area contributed by atoms with E-state index >= 15 is 0 Å². The van der Waals surface area contributed by atoms with Gasteiger partial charge in [-0.15, -0.1) is 0 Å². The largest absolute Gasteiger partial charge is 0.484 e. The molecule has 1 aromatic carbocycles. The van der Waals surface area contributed by atoms with Crippen molar-refractivity contribution >= 4 is 23.3 Å². The summed E-state index contributed by atoms with van der Waals surface area (Å²) in [5.41, 5.74) is 0.971. The number of carbonyl (C=O) groups excluding carboxylic acids is 2. The van der Waals surface area contributed by atoms with E-state index in [-0.39, 0.29) is 24.2 Å². The van der Waals surface area contributed by atoms with Crippen LogP contribution >= 0.6 is 11.6 Å². The fourth-order valence-electron chi connectivity index (χ4n) is 2.01. The van der Waals surface area contributed by atoms with Gasteiger partial charge in [-0.3, -0.25) is 9.59 Å². The Bertz CT molecular complexity index is 514. The Labute approximate surface area is 130 Å². The highest BCUT2D eigenvalue weighted by Gasteiger charge is 2.20. The number of hydrogen-bond donors (Lipinski definition) is 1. The molecule has 0 saturated carbocycles. The molecule has 0 radical (unpaired) electrons. The van der Waals surface area contributed by atoms with Gasteiger partial charge < -0.3 is 10.1 Å². The van der Waals surface area contributed by atoms with Crippen LogP contribution in [0.2, 0.25) is 5.02 Å². The lowest BCUT2D eigenvalue weighted by Crippen LogP contribution is -2.45. The molecule has 0 aliphatic carbocycles. The van der Waals surface area contributed by atoms with E-state index in [0.717, 1.165) is 12.0 Å². The predicted octanol–water partition coefficient (Wildman–Crippen LogP) is 3.01. The summed E-state index contributed by atoms with van der Waals surface area (Å²) >= 11 is 6.03. The maximum atomic E-state index is 11.8. The van der Waals surface area contributed by atoms with E-state index in [4.69, 9.17) is 16.3 Å². The van der Waals surface area contributed by atoms with Crippen LogP contribution in [-0.2, 0) is 16.0 Å². The molecule has 0 spiro atoms. The SMILES string of the molecule is CCc1cc(OCC(=O)NC(C(C)=O)C(C)C)ccc1Cl. The number of benzene rings is 1. The summed E-state index contributed by atoms with van der Waals surface area (Å²) in [7, 11) is 0. The summed E-state index contributed by atoms with van der Waals surface area (Å²) in [5, 5.41) is 3.37. The molecule has 1 aromatic rings. The summed E-state index contributed by atoms with van der Waals surface area (Å²) < 4.78 is 5.44. The first-order valence-corrected chi connectivity index (χ1v) is 7.44. The van der Waals surface area contributed by atoms with Crippen molar-refractivity contribution in [2.45, 2.75) is 40.2 Å². The van der Waals surface area contributed by atoms with Gasteiger partial charge in [0.1, 0.15) is 5.75 Å². The van der Waals surface area contributed by atoms with E-state index in [0.29, 0.717) is 10.8 Å². The molecule has 4 nitrogen and oxygen atoms in total. The first-order valence-electron chi connectivity index (χ1n) is 7.06. The topological polar surface area (TPSA) is 55.4 Å². The average molecular weight is 312 g/mol. The van der Waals surface area contributed by atoms with Gasteiger partial charge in [-0.05, 0) is 43.0 Å². The van der Waals surface area contributed by atoms with Crippen molar-refractivity contribution in [1.82, 2.24) is 5.32 Å². The Morgan fingerprint density at radius 3 is 2.52 bits per heavy atom. The number of ether oxygens (including phenoxy) is 1. The number of Topliss-reactive ketones (excluding diaryl/α,β-unsaturated/α-hetero) is 1. The van der Waals surface area contributed by atoms with Crippen molar-refractivity contribution in [1.29, 1.82) is 0 Å². The summed E-state index contributed by atoms with van der Waals surface area (Å²) in [4.78, 5) is 23.3. The van der Waals surface area contributed by atoms with Crippen LogP contribution in [0.15, 0.2) is 18.2 Å². The molecular weight excluding hydrogens is 290 g/mol. The Morgan fingerprint density at radius 2 is 2.00 bits per heavy atom. The first-order chi connectivity index (χ1) is 9.85. The lowest BCUT2D eigenvalue weighted by Gasteiger charge is -2.19. The summed E-state index contributed by atoms with van der Waals surface area (Å²) in [6, 6.07) is 4.82. The molecule has 1 amide bonds. The average Bonchev–Trinajstić information content (AvgIpc) is 2.43. The highest BCUT2D eigenvalue weighted by Crippen LogP contribution is 2.22. The maximum absolute atomic E-state index is 11.8. The van der Waals surface area contributed by atoms with E-state index in [9.17, 15) is 9.59 Å². The quantitative estimate of drug-likeness (QED) is 0.842. The number of ketones is 1. The summed E-state index contributed by atoms with van der Waals surface area (Å²) in [6.45, 7) is 7.12. The third kappa shape index (κ3) is 5.38. The second kappa shape index (κ2) is 8.03. The van der Waals surface area contributed by atoms with Crippen molar-refractivity contribution < 1.29 is 14.3 Å². The highest BCUT2D eigenvalue weighted by molar-refractivity contribution is 6.31. The van der Waals surface area contributed by atoms with E-state index in [1.54, 1.807) is 12.1 Å². The molecule has 0 fully saturated rings. The minimum Gasteiger partial charge on any atom is -0.484 e. The van der Waals surface area contributed by atoms with Gasteiger partial charge in [0.05, 0.1) is 6.04 Å². The van der Waals surface area contributed by atoms with Gasteiger partial charge in [0.2, 0.25) is 0 Å². The molecule has 0 aromatic heterocycles.